The number of ketones is 1. The summed E-state index contributed by atoms with van der Waals surface area (Å²) in [4.78, 5) is 11.7. The first-order valence-electron chi connectivity index (χ1n) is 7.24. The van der Waals surface area contributed by atoms with Gasteiger partial charge in [0.2, 0.25) is 0 Å². The normalized spacial score (nSPS) is 31.7. The minimum atomic E-state index is 0.167. The minimum Gasteiger partial charge on any atom is -0.313 e. The van der Waals surface area contributed by atoms with E-state index in [1.54, 1.807) is 6.92 Å². The van der Waals surface area contributed by atoms with Crippen LogP contribution in [0, 0.1) is 5.41 Å². The Morgan fingerprint density at radius 1 is 1.32 bits per heavy atom. The van der Waals surface area contributed by atoms with E-state index >= 15 is 0 Å². The van der Waals surface area contributed by atoms with Gasteiger partial charge in [-0.05, 0) is 48.9 Å². The molecule has 0 aromatic heterocycles. The van der Waals surface area contributed by atoms with Crippen LogP contribution in [-0.4, -0.2) is 18.4 Å². The average molecular weight is 257 g/mol. The molecule has 1 aromatic carbocycles. The van der Waals surface area contributed by atoms with Gasteiger partial charge in [0.1, 0.15) is 0 Å². The number of hydrogen-bond donors (Lipinski definition) is 1. The van der Waals surface area contributed by atoms with E-state index in [0.29, 0.717) is 6.04 Å². The molecule has 0 saturated carbocycles. The van der Waals surface area contributed by atoms with Crippen molar-refractivity contribution in [1.82, 2.24) is 5.32 Å². The van der Waals surface area contributed by atoms with Crippen molar-refractivity contribution in [2.45, 2.75) is 52.0 Å². The summed E-state index contributed by atoms with van der Waals surface area (Å²) in [5, 5.41) is 3.68. The number of piperidine rings is 1. The molecule has 1 aliphatic heterocycles. The van der Waals surface area contributed by atoms with Gasteiger partial charge >= 0.3 is 0 Å². The average Bonchev–Trinajstić information content (AvgIpc) is 2.33. The van der Waals surface area contributed by atoms with E-state index in [-0.39, 0.29) is 16.6 Å². The van der Waals surface area contributed by atoms with Crippen LogP contribution in [0.4, 0.5) is 0 Å². The molecule has 2 nitrogen and oxygen atoms in total. The van der Waals surface area contributed by atoms with E-state index in [1.165, 1.54) is 11.1 Å². The highest BCUT2D eigenvalue weighted by atomic mass is 16.1. The Bertz CT molecular complexity index is 546. The van der Waals surface area contributed by atoms with Gasteiger partial charge in [-0.2, -0.15) is 0 Å². The number of Topliss-reactive ketones (excluding diaryl/α,β-unsaturated/α-hetero) is 1. The van der Waals surface area contributed by atoms with Gasteiger partial charge in [0.15, 0.2) is 5.78 Å². The summed E-state index contributed by atoms with van der Waals surface area (Å²) in [7, 11) is 0. The van der Waals surface area contributed by atoms with E-state index in [9.17, 15) is 4.79 Å². The second kappa shape index (κ2) is 3.92. The monoisotopic (exact) mass is 257 g/mol. The molecule has 0 spiro atoms. The minimum absolute atomic E-state index is 0.167. The third kappa shape index (κ3) is 1.62. The lowest BCUT2D eigenvalue weighted by molar-refractivity contribution is 0.0558. The summed E-state index contributed by atoms with van der Waals surface area (Å²) < 4.78 is 0. The summed E-state index contributed by atoms with van der Waals surface area (Å²) in [5.74, 6) is 0.167. The van der Waals surface area contributed by atoms with Crippen LogP contribution in [0.3, 0.4) is 0 Å². The molecule has 2 heteroatoms. The van der Waals surface area contributed by atoms with Gasteiger partial charge in [-0.1, -0.05) is 32.9 Å². The van der Waals surface area contributed by atoms with E-state index in [4.69, 9.17) is 0 Å². The van der Waals surface area contributed by atoms with Gasteiger partial charge in [-0.25, -0.2) is 0 Å². The van der Waals surface area contributed by atoms with Crippen molar-refractivity contribution >= 4 is 5.78 Å². The van der Waals surface area contributed by atoms with Gasteiger partial charge in [0.05, 0.1) is 0 Å². The molecule has 0 radical (unpaired) electrons. The summed E-state index contributed by atoms with van der Waals surface area (Å²) in [6.45, 7) is 9.85. The van der Waals surface area contributed by atoms with Crippen LogP contribution in [0.2, 0.25) is 0 Å². The number of benzene rings is 1. The molecule has 1 fully saturated rings. The molecular weight excluding hydrogens is 234 g/mol. The molecule has 2 aliphatic rings. The summed E-state index contributed by atoms with van der Waals surface area (Å²) in [5.41, 5.74) is 4.08. The molecule has 3 rings (SSSR count). The lowest BCUT2D eigenvalue weighted by atomic mass is 9.51. The predicted octanol–water partition coefficient (Wildman–Crippen LogP) is 3.09. The molecule has 102 valence electrons. The first-order valence-corrected chi connectivity index (χ1v) is 7.24. The third-order valence-corrected chi connectivity index (χ3v) is 5.84. The molecule has 0 unspecified atom stereocenters. The zero-order valence-corrected chi connectivity index (χ0v) is 12.3. The quantitative estimate of drug-likeness (QED) is 0.783. The van der Waals surface area contributed by atoms with Crippen LogP contribution in [-0.2, 0) is 11.8 Å². The van der Waals surface area contributed by atoms with Crippen LogP contribution in [0.25, 0.3) is 0 Å². The van der Waals surface area contributed by atoms with Crippen LogP contribution in [0.15, 0.2) is 18.2 Å². The van der Waals surface area contributed by atoms with Crippen molar-refractivity contribution in [3.8, 4) is 0 Å². The van der Waals surface area contributed by atoms with Crippen LogP contribution in [0.5, 0.6) is 0 Å². The summed E-state index contributed by atoms with van der Waals surface area (Å²) in [6.07, 6.45) is 2.22. The maximum atomic E-state index is 11.7. The largest absolute Gasteiger partial charge is 0.313 e. The SMILES string of the molecule is CC(=O)c1ccc2c(c1)[C@]1(C)CCN[C@@H](C2)C1(C)C. The number of fused-ring (bicyclic) bond motifs is 4. The zero-order chi connectivity index (χ0) is 13.8. The molecular formula is C17H23NO. The fourth-order valence-electron chi connectivity index (χ4n) is 3.97. The van der Waals surface area contributed by atoms with E-state index < -0.39 is 0 Å². The molecule has 0 amide bonds. The lowest BCUT2D eigenvalue weighted by Crippen LogP contribution is -2.62. The second-order valence-electron chi connectivity index (χ2n) is 6.94. The van der Waals surface area contributed by atoms with Crippen LogP contribution >= 0.6 is 0 Å². The summed E-state index contributed by atoms with van der Waals surface area (Å²) in [6, 6.07) is 6.85. The molecule has 2 bridgehead atoms. The highest BCUT2D eigenvalue weighted by molar-refractivity contribution is 5.94. The van der Waals surface area contributed by atoms with Crippen LogP contribution in [0.1, 0.15) is 55.6 Å². The fraction of sp³-hybridized carbons (Fsp3) is 0.588. The molecule has 1 aliphatic carbocycles. The number of rotatable bonds is 1. The number of hydrogen-bond acceptors (Lipinski definition) is 2. The van der Waals surface area contributed by atoms with E-state index in [2.05, 4.69) is 38.2 Å². The Morgan fingerprint density at radius 3 is 2.74 bits per heavy atom. The van der Waals surface area contributed by atoms with Crippen molar-refractivity contribution < 1.29 is 4.79 Å². The van der Waals surface area contributed by atoms with Gasteiger partial charge in [-0.3, -0.25) is 4.79 Å². The highest BCUT2D eigenvalue weighted by Crippen LogP contribution is 2.53. The molecule has 2 atom stereocenters. The first-order chi connectivity index (χ1) is 8.86. The Morgan fingerprint density at radius 2 is 2.05 bits per heavy atom. The standard InChI is InChI=1S/C17H23NO/c1-11(19)12-5-6-13-10-15-16(2,3)17(4,7-8-18-15)14(13)9-12/h5-6,9,15,18H,7-8,10H2,1-4H3/t15-,17-/m0/s1. The van der Waals surface area contributed by atoms with Crippen molar-refractivity contribution in [2.24, 2.45) is 5.41 Å². The molecule has 1 N–H and O–H groups in total. The molecule has 19 heavy (non-hydrogen) atoms. The predicted molar refractivity (Wildman–Crippen MR) is 77.7 cm³/mol. The van der Waals surface area contributed by atoms with Crippen molar-refractivity contribution in [3.63, 3.8) is 0 Å². The zero-order valence-electron chi connectivity index (χ0n) is 12.3. The Kier molecular flexibility index (Phi) is 2.66. The second-order valence-corrected chi connectivity index (χ2v) is 6.94. The van der Waals surface area contributed by atoms with Gasteiger partial charge in [0, 0.05) is 17.0 Å². The van der Waals surface area contributed by atoms with Gasteiger partial charge in [0.25, 0.3) is 0 Å². The van der Waals surface area contributed by atoms with E-state index in [1.807, 2.05) is 6.07 Å². The Hall–Kier alpha value is -1.15. The summed E-state index contributed by atoms with van der Waals surface area (Å²) >= 11 is 0. The van der Waals surface area contributed by atoms with Crippen molar-refractivity contribution in [1.29, 1.82) is 0 Å². The lowest BCUT2D eigenvalue weighted by Gasteiger charge is -2.57. The Labute approximate surface area is 115 Å². The van der Waals surface area contributed by atoms with Crippen LogP contribution < -0.4 is 5.32 Å². The highest BCUT2D eigenvalue weighted by Gasteiger charge is 2.53. The Balaban J connectivity index is 2.21. The number of carbonyl (C=O) groups excluding carboxylic acids is 1. The molecule has 1 saturated heterocycles. The number of carbonyl (C=O) groups is 1. The smallest absolute Gasteiger partial charge is 0.159 e. The molecule has 1 aromatic rings. The van der Waals surface area contributed by atoms with Gasteiger partial charge < -0.3 is 5.32 Å². The van der Waals surface area contributed by atoms with Crippen molar-refractivity contribution in [3.05, 3.63) is 34.9 Å². The first kappa shape index (κ1) is 12.9. The number of nitrogens with one attached hydrogen (secondary N) is 1. The maximum absolute atomic E-state index is 11.7. The van der Waals surface area contributed by atoms with E-state index in [0.717, 1.165) is 24.9 Å². The van der Waals surface area contributed by atoms with Crippen molar-refractivity contribution in [2.75, 3.05) is 6.54 Å². The van der Waals surface area contributed by atoms with Gasteiger partial charge in [-0.15, -0.1) is 0 Å². The topological polar surface area (TPSA) is 29.1 Å². The fourth-order valence-corrected chi connectivity index (χ4v) is 3.97. The molecule has 1 heterocycles. The maximum Gasteiger partial charge on any atom is 0.159 e. The third-order valence-electron chi connectivity index (χ3n) is 5.84.